The third-order valence-electron chi connectivity index (χ3n) is 2.72. The van der Waals surface area contributed by atoms with Gasteiger partial charge < -0.3 is 14.6 Å². The van der Waals surface area contributed by atoms with E-state index in [-0.39, 0.29) is 23.7 Å². The Morgan fingerprint density at radius 1 is 1.20 bits per heavy atom. The normalized spacial score (nSPS) is 10.1. The summed E-state index contributed by atoms with van der Waals surface area (Å²) in [7, 11) is 1.41. The Labute approximate surface area is 115 Å². The van der Waals surface area contributed by atoms with E-state index >= 15 is 0 Å². The Morgan fingerprint density at radius 3 is 2.50 bits per heavy atom. The van der Waals surface area contributed by atoms with Crippen molar-refractivity contribution >= 4 is 5.97 Å². The Balaban J connectivity index is 2.10. The van der Waals surface area contributed by atoms with E-state index in [0.717, 1.165) is 5.56 Å². The number of halogens is 1. The number of carboxylic acids is 1. The SMILES string of the molecule is COc1cc(COc2ccc(F)cc2)ccc1C(=O)O. The van der Waals surface area contributed by atoms with Gasteiger partial charge in [-0.05, 0) is 42.0 Å². The van der Waals surface area contributed by atoms with Gasteiger partial charge in [0.15, 0.2) is 0 Å². The lowest BCUT2D eigenvalue weighted by Crippen LogP contribution is -2.02. The summed E-state index contributed by atoms with van der Waals surface area (Å²) in [6.07, 6.45) is 0. The minimum Gasteiger partial charge on any atom is -0.496 e. The summed E-state index contributed by atoms with van der Waals surface area (Å²) in [5.74, 6) is -0.567. The van der Waals surface area contributed by atoms with Crippen LogP contribution >= 0.6 is 0 Å². The van der Waals surface area contributed by atoms with Gasteiger partial charge in [0.05, 0.1) is 7.11 Å². The van der Waals surface area contributed by atoms with Crippen LogP contribution in [-0.4, -0.2) is 18.2 Å². The van der Waals surface area contributed by atoms with Gasteiger partial charge in [0.25, 0.3) is 0 Å². The average molecular weight is 276 g/mol. The second-order valence-corrected chi connectivity index (χ2v) is 4.08. The van der Waals surface area contributed by atoms with Gasteiger partial charge in [0, 0.05) is 0 Å². The molecule has 2 aromatic carbocycles. The molecule has 0 unspecified atom stereocenters. The van der Waals surface area contributed by atoms with Crippen LogP contribution in [0.15, 0.2) is 42.5 Å². The molecule has 0 heterocycles. The Hall–Kier alpha value is -2.56. The molecule has 0 aliphatic heterocycles. The molecule has 0 radical (unpaired) electrons. The van der Waals surface area contributed by atoms with Crippen molar-refractivity contribution in [3.05, 3.63) is 59.4 Å². The van der Waals surface area contributed by atoms with Gasteiger partial charge in [-0.1, -0.05) is 6.07 Å². The number of carboxylic acid groups (broad SMARTS) is 1. The van der Waals surface area contributed by atoms with E-state index in [1.165, 1.54) is 37.4 Å². The first-order valence-electron chi connectivity index (χ1n) is 5.88. The molecule has 104 valence electrons. The van der Waals surface area contributed by atoms with Crippen molar-refractivity contribution in [2.75, 3.05) is 7.11 Å². The minimum atomic E-state index is -1.05. The van der Waals surface area contributed by atoms with Gasteiger partial charge >= 0.3 is 5.97 Å². The van der Waals surface area contributed by atoms with E-state index in [1.54, 1.807) is 12.1 Å². The van der Waals surface area contributed by atoms with Crippen LogP contribution in [0.2, 0.25) is 0 Å². The fourth-order valence-corrected chi connectivity index (χ4v) is 1.70. The molecule has 0 aliphatic carbocycles. The van der Waals surface area contributed by atoms with Gasteiger partial charge in [0.2, 0.25) is 0 Å². The van der Waals surface area contributed by atoms with Crippen molar-refractivity contribution in [1.82, 2.24) is 0 Å². The topological polar surface area (TPSA) is 55.8 Å². The molecule has 1 N–H and O–H groups in total. The van der Waals surface area contributed by atoms with Crippen LogP contribution in [0.4, 0.5) is 4.39 Å². The van der Waals surface area contributed by atoms with Crippen LogP contribution in [0.1, 0.15) is 15.9 Å². The highest BCUT2D eigenvalue weighted by Gasteiger charge is 2.11. The zero-order chi connectivity index (χ0) is 14.5. The van der Waals surface area contributed by atoms with Gasteiger partial charge in [-0.3, -0.25) is 0 Å². The number of methoxy groups -OCH3 is 1. The van der Waals surface area contributed by atoms with E-state index in [1.807, 2.05) is 0 Å². The number of hydrogen-bond donors (Lipinski definition) is 1. The standard InChI is InChI=1S/C15H13FO4/c1-19-14-8-10(2-7-13(14)15(17)18)9-20-12-5-3-11(16)4-6-12/h2-8H,9H2,1H3,(H,17,18). The minimum absolute atomic E-state index is 0.0954. The molecule has 0 atom stereocenters. The van der Waals surface area contributed by atoms with Crippen molar-refractivity contribution in [2.45, 2.75) is 6.61 Å². The summed E-state index contributed by atoms with van der Waals surface area (Å²) in [6, 6.07) is 10.4. The van der Waals surface area contributed by atoms with Crippen LogP contribution in [0.3, 0.4) is 0 Å². The van der Waals surface area contributed by atoms with E-state index in [0.29, 0.717) is 5.75 Å². The third-order valence-corrected chi connectivity index (χ3v) is 2.72. The second-order valence-electron chi connectivity index (χ2n) is 4.08. The number of aromatic carboxylic acids is 1. The van der Waals surface area contributed by atoms with E-state index < -0.39 is 5.97 Å². The van der Waals surface area contributed by atoms with Gasteiger partial charge in [0.1, 0.15) is 29.5 Å². The van der Waals surface area contributed by atoms with Gasteiger partial charge in [-0.15, -0.1) is 0 Å². The largest absolute Gasteiger partial charge is 0.496 e. The molecular weight excluding hydrogens is 263 g/mol. The molecule has 20 heavy (non-hydrogen) atoms. The highest BCUT2D eigenvalue weighted by molar-refractivity contribution is 5.90. The zero-order valence-electron chi connectivity index (χ0n) is 10.8. The molecule has 0 saturated heterocycles. The second kappa shape index (κ2) is 6.06. The van der Waals surface area contributed by atoms with Crippen molar-refractivity contribution in [3.8, 4) is 11.5 Å². The Bertz CT molecular complexity index is 608. The van der Waals surface area contributed by atoms with Crippen molar-refractivity contribution in [2.24, 2.45) is 0 Å². The van der Waals surface area contributed by atoms with E-state index in [9.17, 15) is 9.18 Å². The predicted octanol–water partition coefficient (Wildman–Crippen LogP) is 3.11. The molecule has 0 bridgehead atoms. The molecular formula is C15H13FO4. The summed E-state index contributed by atoms with van der Waals surface area (Å²) in [6.45, 7) is 0.238. The highest BCUT2D eigenvalue weighted by atomic mass is 19.1. The molecule has 2 aromatic rings. The highest BCUT2D eigenvalue weighted by Crippen LogP contribution is 2.21. The lowest BCUT2D eigenvalue weighted by molar-refractivity contribution is 0.0693. The summed E-state index contributed by atoms with van der Waals surface area (Å²) in [4.78, 5) is 11.0. The maximum absolute atomic E-state index is 12.7. The average Bonchev–Trinajstić information content (AvgIpc) is 2.46. The number of ether oxygens (including phenoxy) is 2. The molecule has 5 heteroatoms. The Kier molecular flexibility index (Phi) is 4.20. The number of carbonyl (C=O) groups is 1. The molecule has 0 aromatic heterocycles. The van der Waals surface area contributed by atoms with Crippen molar-refractivity contribution in [3.63, 3.8) is 0 Å². The molecule has 0 amide bonds. The molecule has 2 rings (SSSR count). The van der Waals surface area contributed by atoms with Crippen LogP contribution in [0.5, 0.6) is 11.5 Å². The first-order valence-corrected chi connectivity index (χ1v) is 5.88. The lowest BCUT2D eigenvalue weighted by Gasteiger charge is -2.09. The van der Waals surface area contributed by atoms with Crippen LogP contribution in [-0.2, 0) is 6.61 Å². The Morgan fingerprint density at radius 2 is 1.90 bits per heavy atom. The summed E-state index contributed by atoms with van der Waals surface area (Å²) < 4.78 is 23.2. The van der Waals surface area contributed by atoms with Crippen LogP contribution in [0.25, 0.3) is 0 Å². The fourth-order valence-electron chi connectivity index (χ4n) is 1.70. The zero-order valence-corrected chi connectivity index (χ0v) is 10.8. The monoisotopic (exact) mass is 276 g/mol. The maximum Gasteiger partial charge on any atom is 0.339 e. The first kappa shape index (κ1) is 13.9. The van der Waals surface area contributed by atoms with Crippen molar-refractivity contribution < 1.29 is 23.8 Å². The lowest BCUT2D eigenvalue weighted by atomic mass is 10.1. The molecule has 0 spiro atoms. The first-order chi connectivity index (χ1) is 9.60. The smallest absolute Gasteiger partial charge is 0.339 e. The third kappa shape index (κ3) is 3.26. The molecule has 4 nitrogen and oxygen atoms in total. The molecule has 0 fully saturated rings. The number of hydrogen-bond acceptors (Lipinski definition) is 3. The number of benzene rings is 2. The predicted molar refractivity (Wildman–Crippen MR) is 70.7 cm³/mol. The maximum atomic E-state index is 12.7. The van der Waals surface area contributed by atoms with E-state index in [2.05, 4.69) is 0 Å². The molecule has 0 aliphatic rings. The van der Waals surface area contributed by atoms with Crippen LogP contribution < -0.4 is 9.47 Å². The summed E-state index contributed by atoms with van der Waals surface area (Å²) in [5.41, 5.74) is 0.856. The quantitative estimate of drug-likeness (QED) is 0.911. The van der Waals surface area contributed by atoms with Gasteiger partial charge in [-0.2, -0.15) is 0 Å². The van der Waals surface area contributed by atoms with Crippen molar-refractivity contribution in [1.29, 1.82) is 0 Å². The number of rotatable bonds is 5. The van der Waals surface area contributed by atoms with E-state index in [4.69, 9.17) is 14.6 Å². The van der Waals surface area contributed by atoms with Crippen LogP contribution in [0, 0.1) is 5.82 Å². The van der Waals surface area contributed by atoms with Gasteiger partial charge in [-0.25, -0.2) is 9.18 Å². The summed E-state index contributed by atoms with van der Waals surface area (Å²) in [5, 5.41) is 8.97. The fraction of sp³-hybridized carbons (Fsp3) is 0.133. The molecule has 0 saturated carbocycles. The summed E-state index contributed by atoms with van der Waals surface area (Å²) >= 11 is 0.